The largest absolute Gasteiger partial charge is 0.382 e. The molecular formula is C15H27NO3. The Labute approximate surface area is 116 Å². The summed E-state index contributed by atoms with van der Waals surface area (Å²) in [6, 6.07) is 0. The highest BCUT2D eigenvalue weighted by atomic mass is 16.5. The molecule has 4 nitrogen and oxygen atoms in total. The molecule has 0 aromatic carbocycles. The van der Waals surface area contributed by atoms with Crippen LogP contribution in [0.3, 0.4) is 0 Å². The molecule has 2 atom stereocenters. The van der Waals surface area contributed by atoms with Crippen LogP contribution in [0, 0.1) is 0 Å². The molecule has 0 N–H and O–H groups in total. The lowest BCUT2D eigenvalue weighted by Crippen LogP contribution is -2.51. The molecule has 0 radical (unpaired) electrons. The van der Waals surface area contributed by atoms with Gasteiger partial charge in [-0.05, 0) is 32.1 Å². The van der Waals surface area contributed by atoms with E-state index in [1.54, 1.807) is 7.11 Å². The summed E-state index contributed by atoms with van der Waals surface area (Å²) in [7, 11) is 1.73. The Kier molecular flexibility index (Phi) is 5.22. The Bertz CT molecular complexity index is 294. The minimum Gasteiger partial charge on any atom is -0.382 e. The minimum atomic E-state index is -0.0564. The molecule has 0 aromatic rings. The van der Waals surface area contributed by atoms with E-state index in [1.165, 1.54) is 0 Å². The molecule has 0 bridgehead atoms. The van der Waals surface area contributed by atoms with Crippen molar-refractivity contribution < 1.29 is 14.3 Å². The zero-order chi connectivity index (χ0) is 13.7. The quantitative estimate of drug-likeness (QED) is 0.743. The summed E-state index contributed by atoms with van der Waals surface area (Å²) in [5, 5.41) is 0. The lowest BCUT2D eigenvalue weighted by Gasteiger charge is -2.38. The van der Waals surface area contributed by atoms with Gasteiger partial charge in [-0.25, -0.2) is 0 Å². The van der Waals surface area contributed by atoms with E-state index in [-0.39, 0.29) is 17.6 Å². The van der Waals surface area contributed by atoms with Crippen molar-refractivity contribution in [2.24, 2.45) is 0 Å². The van der Waals surface area contributed by atoms with Gasteiger partial charge in [-0.3, -0.25) is 4.79 Å². The van der Waals surface area contributed by atoms with E-state index in [0.29, 0.717) is 13.0 Å². The van der Waals surface area contributed by atoms with Gasteiger partial charge in [-0.2, -0.15) is 0 Å². The van der Waals surface area contributed by atoms with Crippen molar-refractivity contribution in [1.29, 1.82) is 0 Å². The Hall–Kier alpha value is -0.610. The van der Waals surface area contributed by atoms with E-state index < -0.39 is 0 Å². The van der Waals surface area contributed by atoms with Crippen LogP contribution in [0.15, 0.2) is 0 Å². The fraction of sp³-hybridized carbons (Fsp3) is 0.933. The zero-order valence-electron chi connectivity index (χ0n) is 12.3. The Balaban J connectivity index is 2.00. The van der Waals surface area contributed by atoms with E-state index in [2.05, 4.69) is 11.8 Å². The van der Waals surface area contributed by atoms with Crippen LogP contribution < -0.4 is 0 Å². The SMILES string of the molecule is CCC[C@]1(COC)CCCN1C(=O)C[C@H]1CCCO1. The summed E-state index contributed by atoms with van der Waals surface area (Å²) in [5.74, 6) is 0.259. The number of hydrogen-bond acceptors (Lipinski definition) is 3. The molecule has 2 fully saturated rings. The molecule has 0 aliphatic carbocycles. The number of nitrogens with zero attached hydrogens (tertiary/aromatic N) is 1. The Morgan fingerprint density at radius 2 is 2.32 bits per heavy atom. The van der Waals surface area contributed by atoms with Crippen molar-refractivity contribution in [3.63, 3.8) is 0 Å². The van der Waals surface area contributed by atoms with E-state index in [0.717, 1.165) is 51.7 Å². The van der Waals surface area contributed by atoms with Crippen LogP contribution in [0.2, 0.25) is 0 Å². The van der Waals surface area contributed by atoms with Crippen molar-refractivity contribution in [1.82, 2.24) is 4.90 Å². The molecule has 2 aliphatic heterocycles. The fourth-order valence-electron chi connectivity index (χ4n) is 3.65. The molecule has 110 valence electrons. The summed E-state index contributed by atoms with van der Waals surface area (Å²) < 4.78 is 11.0. The van der Waals surface area contributed by atoms with Gasteiger partial charge in [0.2, 0.25) is 5.91 Å². The minimum absolute atomic E-state index is 0.0564. The van der Waals surface area contributed by atoms with Crippen molar-refractivity contribution >= 4 is 5.91 Å². The smallest absolute Gasteiger partial charge is 0.225 e. The fourth-order valence-corrected chi connectivity index (χ4v) is 3.65. The van der Waals surface area contributed by atoms with Crippen LogP contribution in [0.5, 0.6) is 0 Å². The van der Waals surface area contributed by atoms with Gasteiger partial charge in [0.1, 0.15) is 0 Å². The molecule has 19 heavy (non-hydrogen) atoms. The molecule has 2 saturated heterocycles. The third-order valence-electron chi connectivity index (χ3n) is 4.45. The predicted molar refractivity (Wildman–Crippen MR) is 74.1 cm³/mol. The van der Waals surface area contributed by atoms with Crippen LogP contribution in [-0.2, 0) is 14.3 Å². The average molecular weight is 269 g/mol. The third kappa shape index (κ3) is 3.29. The van der Waals surface area contributed by atoms with Gasteiger partial charge in [-0.15, -0.1) is 0 Å². The maximum atomic E-state index is 12.6. The Morgan fingerprint density at radius 3 is 2.95 bits per heavy atom. The second-order valence-electron chi connectivity index (χ2n) is 5.90. The lowest BCUT2D eigenvalue weighted by molar-refractivity contribution is -0.140. The first-order valence-electron chi connectivity index (χ1n) is 7.63. The molecule has 4 heteroatoms. The molecule has 2 aliphatic rings. The van der Waals surface area contributed by atoms with Crippen LogP contribution in [0.4, 0.5) is 0 Å². The van der Waals surface area contributed by atoms with Crippen LogP contribution >= 0.6 is 0 Å². The molecule has 0 aromatic heterocycles. The normalized spacial score (nSPS) is 31.1. The number of methoxy groups -OCH3 is 1. The molecular weight excluding hydrogens is 242 g/mol. The van der Waals surface area contributed by atoms with E-state index >= 15 is 0 Å². The first kappa shape index (κ1) is 14.8. The number of carbonyl (C=O) groups excluding carboxylic acids is 1. The Morgan fingerprint density at radius 1 is 1.47 bits per heavy atom. The van der Waals surface area contributed by atoms with Crippen LogP contribution in [0.25, 0.3) is 0 Å². The van der Waals surface area contributed by atoms with Gasteiger partial charge in [0.15, 0.2) is 0 Å². The highest BCUT2D eigenvalue weighted by Gasteiger charge is 2.43. The zero-order valence-corrected chi connectivity index (χ0v) is 12.3. The van der Waals surface area contributed by atoms with Gasteiger partial charge in [-0.1, -0.05) is 13.3 Å². The standard InChI is InChI=1S/C15H27NO3/c1-3-7-15(12-18-2)8-5-9-16(15)14(17)11-13-6-4-10-19-13/h13H,3-12H2,1-2H3/t13-,15-/m1/s1. The van der Waals surface area contributed by atoms with Crippen LogP contribution in [0.1, 0.15) is 51.9 Å². The van der Waals surface area contributed by atoms with E-state index in [4.69, 9.17) is 9.47 Å². The first-order valence-corrected chi connectivity index (χ1v) is 7.63. The third-order valence-corrected chi connectivity index (χ3v) is 4.45. The van der Waals surface area contributed by atoms with Gasteiger partial charge in [0.25, 0.3) is 0 Å². The van der Waals surface area contributed by atoms with Gasteiger partial charge < -0.3 is 14.4 Å². The number of amides is 1. The van der Waals surface area contributed by atoms with Crippen molar-refractivity contribution in [2.75, 3.05) is 26.9 Å². The summed E-state index contributed by atoms with van der Waals surface area (Å²) >= 11 is 0. The highest BCUT2D eigenvalue weighted by molar-refractivity contribution is 5.78. The lowest BCUT2D eigenvalue weighted by atomic mass is 9.91. The summed E-state index contributed by atoms with van der Waals surface area (Å²) in [6.07, 6.45) is 7.13. The summed E-state index contributed by atoms with van der Waals surface area (Å²) in [5.41, 5.74) is -0.0564. The molecule has 1 amide bonds. The topological polar surface area (TPSA) is 38.8 Å². The summed E-state index contributed by atoms with van der Waals surface area (Å²) in [4.78, 5) is 14.6. The summed E-state index contributed by atoms with van der Waals surface area (Å²) in [6.45, 7) is 4.54. The van der Waals surface area contributed by atoms with Gasteiger partial charge in [0, 0.05) is 20.3 Å². The number of ether oxygens (including phenoxy) is 2. The molecule has 2 rings (SSSR count). The maximum absolute atomic E-state index is 12.6. The van der Waals surface area contributed by atoms with Gasteiger partial charge in [0.05, 0.1) is 24.7 Å². The predicted octanol–water partition coefficient (Wildman–Crippen LogP) is 2.36. The van der Waals surface area contributed by atoms with E-state index in [9.17, 15) is 4.79 Å². The molecule has 0 unspecified atom stereocenters. The van der Waals surface area contributed by atoms with E-state index in [1.807, 2.05) is 0 Å². The highest BCUT2D eigenvalue weighted by Crippen LogP contribution is 2.35. The molecule has 2 heterocycles. The molecule has 0 saturated carbocycles. The monoisotopic (exact) mass is 269 g/mol. The van der Waals surface area contributed by atoms with Gasteiger partial charge >= 0.3 is 0 Å². The number of rotatable bonds is 6. The maximum Gasteiger partial charge on any atom is 0.225 e. The first-order chi connectivity index (χ1) is 9.22. The average Bonchev–Trinajstić information content (AvgIpc) is 3.00. The van der Waals surface area contributed by atoms with Crippen LogP contribution in [-0.4, -0.2) is 49.3 Å². The second-order valence-corrected chi connectivity index (χ2v) is 5.90. The second kappa shape index (κ2) is 6.71. The number of hydrogen-bond donors (Lipinski definition) is 0. The van der Waals surface area contributed by atoms with Crippen molar-refractivity contribution in [3.05, 3.63) is 0 Å². The van der Waals surface area contributed by atoms with Crippen molar-refractivity contribution in [2.45, 2.75) is 63.5 Å². The number of carbonyl (C=O) groups is 1. The number of likely N-dealkylation sites (tertiary alicyclic amines) is 1. The molecule has 0 spiro atoms. The van der Waals surface area contributed by atoms with Crippen molar-refractivity contribution in [3.8, 4) is 0 Å².